The lowest BCUT2D eigenvalue weighted by atomic mass is 9.87. The zero-order chi connectivity index (χ0) is 20.4. The molecule has 0 aliphatic rings. The summed E-state index contributed by atoms with van der Waals surface area (Å²) >= 11 is 6.99. The van der Waals surface area contributed by atoms with Crippen molar-refractivity contribution in [3.63, 3.8) is 0 Å². The molecule has 8 heteroatoms. The number of nitrogens with one attached hydrogen (secondary N) is 1. The van der Waals surface area contributed by atoms with Crippen molar-refractivity contribution in [3.8, 4) is 5.75 Å². The van der Waals surface area contributed by atoms with Crippen LogP contribution in [0.4, 0.5) is 5.13 Å². The van der Waals surface area contributed by atoms with Crippen molar-refractivity contribution in [2.75, 3.05) is 5.32 Å². The van der Waals surface area contributed by atoms with Crippen molar-refractivity contribution >= 4 is 39.9 Å². The second-order valence-electron chi connectivity index (χ2n) is 7.65. The first-order chi connectivity index (χ1) is 12.4. The molecule has 0 unspecified atom stereocenters. The lowest BCUT2D eigenvalue weighted by molar-refractivity contribution is -0.136. The van der Waals surface area contributed by atoms with Gasteiger partial charge in [-0.15, -0.1) is 0 Å². The predicted octanol–water partition coefficient (Wildman–Crippen LogP) is 4.52. The van der Waals surface area contributed by atoms with Crippen LogP contribution in [0.25, 0.3) is 0 Å². The largest absolute Gasteiger partial charge is 0.481 e. The van der Waals surface area contributed by atoms with Crippen LogP contribution in [0.15, 0.2) is 24.3 Å². The summed E-state index contributed by atoms with van der Waals surface area (Å²) in [5, 5.41) is 11.7. The highest BCUT2D eigenvalue weighted by Gasteiger charge is 2.31. The van der Waals surface area contributed by atoms with Gasteiger partial charge in [-0.05, 0) is 37.0 Å². The average molecular weight is 411 g/mol. The van der Waals surface area contributed by atoms with E-state index >= 15 is 0 Å². The molecule has 1 aromatic heterocycles. The number of aromatic nitrogens is 1. The van der Waals surface area contributed by atoms with Crippen molar-refractivity contribution in [2.45, 2.75) is 52.1 Å². The SMILES string of the molecule is CC(C)(Oc1ccc(C(C)(C)C)cc1)C(=O)Nc1nc(CC(=O)O)c(Cl)s1. The van der Waals surface area contributed by atoms with Crippen LogP contribution in [0, 0.1) is 0 Å². The van der Waals surface area contributed by atoms with Crippen LogP contribution in [0.1, 0.15) is 45.9 Å². The number of ether oxygens (including phenoxy) is 1. The first-order valence-corrected chi connectivity index (χ1v) is 9.56. The fraction of sp³-hybridized carbons (Fsp3) is 0.421. The van der Waals surface area contributed by atoms with E-state index in [4.69, 9.17) is 21.4 Å². The van der Waals surface area contributed by atoms with Gasteiger partial charge in [0.25, 0.3) is 5.91 Å². The monoisotopic (exact) mass is 410 g/mol. The van der Waals surface area contributed by atoms with Crippen LogP contribution in [-0.2, 0) is 21.4 Å². The van der Waals surface area contributed by atoms with Gasteiger partial charge in [0.2, 0.25) is 0 Å². The molecule has 0 saturated carbocycles. The third-order valence-corrected chi connectivity index (χ3v) is 5.08. The highest BCUT2D eigenvalue weighted by Crippen LogP contribution is 2.30. The number of carbonyl (C=O) groups is 2. The van der Waals surface area contributed by atoms with Gasteiger partial charge in [0, 0.05) is 0 Å². The Balaban J connectivity index is 2.07. The van der Waals surface area contributed by atoms with Crippen molar-refractivity contribution in [1.82, 2.24) is 4.98 Å². The first-order valence-electron chi connectivity index (χ1n) is 8.36. The van der Waals surface area contributed by atoms with E-state index in [0.717, 1.165) is 11.3 Å². The van der Waals surface area contributed by atoms with Gasteiger partial charge in [0.1, 0.15) is 10.1 Å². The Morgan fingerprint density at radius 2 is 1.78 bits per heavy atom. The number of rotatable bonds is 6. The van der Waals surface area contributed by atoms with Gasteiger partial charge in [0.15, 0.2) is 10.7 Å². The molecule has 0 spiro atoms. The Hall–Kier alpha value is -2.12. The summed E-state index contributed by atoms with van der Waals surface area (Å²) in [6, 6.07) is 7.62. The van der Waals surface area contributed by atoms with Crippen molar-refractivity contribution in [1.29, 1.82) is 0 Å². The molecule has 2 rings (SSSR count). The van der Waals surface area contributed by atoms with E-state index in [-0.39, 0.29) is 27.0 Å². The van der Waals surface area contributed by atoms with Gasteiger partial charge < -0.3 is 9.84 Å². The summed E-state index contributed by atoms with van der Waals surface area (Å²) < 4.78 is 6.08. The van der Waals surface area contributed by atoms with Crippen molar-refractivity contribution in [2.24, 2.45) is 0 Å². The second-order valence-corrected chi connectivity index (χ2v) is 9.25. The fourth-order valence-electron chi connectivity index (χ4n) is 2.25. The molecule has 1 aromatic carbocycles. The number of hydrogen-bond acceptors (Lipinski definition) is 5. The number of carboxylic acids is 1. The summed E-state index contributed by atoms with van der Waals surface area (Å²) in [7, 11) is 0. The van der Waals surface area contributed by atoms with Crippen LogP contribution in [0.3, 0.4) is 0 Å². The molecule has 0 atom stereocenters. The summed E-state index contributed by atoms with van der Waals surface area (Å²) in [6.45, 7) is 9.66. The maximum absolute atomic E-state index is 12.6. The zero-order valence-electron chi connectivity index (χ0n) is 15.9. The number of anilines is 1. The molecule has 0 saturated heterocycles. The summed E-state index contributed by atoms with van der Waals surface area (Å²) in [4.78, 5) is 27.4. The quantitative estimate of drug-likeness (QED) is 0.730. The second kappa shape index (κ2) is 7.86. The number of thiazole rings is 1. The smallest absolute Gasteiger partial charge is 0.309 e. The molecule has 1 heterocycles. The number of carboxylic acid groups (broad SMARTS) is 1. The van der Waals surface area contributed by atoms with Gasteiger partial charge in [-0.2, -0.15) is 0 Å². The van der Waals surface area contributed by atoms with Gasteiger partial charge in [-0.1, -0.05) is 55.8 Å². The zero-order valence-corrected chi connectivity index (χ0v) is 17.5. The minimum absolute atomic E-state index is 0.0309. The summed E-state index contributed by atoms with van der Waals surface area (Å²) in [5.41, 5.74) is 0.263. The van der Waals surface area contributed by atoms with Crippen LogP contribution in [0.5, 0.6) is 5.75 Å². The Morgan fingerprint density at radius 1 is 1.19 bits per heavy atom. The lowest BCUT2D eigenvalue weighted by Crippen LogP contribution is -2.42. The van der Waals surface area contributed by atoms with E-state index in [9.17, 15) is 9.59 Å². The van der Waals surface area contributed by atoms with Crippen LogP contribution in [0.2, 0.25) is 4.34 Å². The maximum atomic E-state index is 12.6. The van der Waals surface area contributed by atoms with Crippen LogP contribution >= 0.6 is 22.9 Å². The number of hydrogen-bond donors (Lipinski definition) is 2. The fourth-order valence-corrected chi connectivity index (χ4v) is 3.28. The number of amides is 1. The molecular formula is C19H23ClN2O4S. The molecule has 0 radical (unpaired) electrons. The van der Waals surface area contributed by atoms with Crippen molar-refractivity contribution < 1.29 is 19.4 Å². The van der Waals surface area contributed by atoms with E-state index in [2.05, 4.69) is 31.1 Å². The van der Waals surface area contributed by atoms with Gasteiger partial charge in [-0.25, -0.2) is 4.98 Å². The normalized spacial score (nSPS) is 11.9. The molecule has 27 heavy (non-hydrogen) atoms. The Morgan fingerprint density at radius 3 is 2.30 bits per heavy atom. The van der Waals surface area contributed by atoms with Crippen LogP contribution in [-0.4, -0.2) is 27.6 Å². The third kappa shape index (κ3) is 5.68. The van der Waals surface area contributed by atoms with E-state index in [1.807, 2.05) is 24.3 Å². The third-order valence-electron chi connectivity index (χ3n) is 3.83. The number of carbonyl (C=O) groups excluding carboxylic acids is 1. The molecule has 0 aliphatic carbocycles. The molecular weight excluding hydrogens is 388 g/mol. The minimum Gasteiger partial charge on any atom is -0.481 e. The predicted molar refractivity (Wildman–Crippen MR) is 107 cm³/mol. The Labute approximate surface area is 167 Å². The summed E-state index contributed by atoms with van der Waals surface area (Å²) in [6.07, 6.45) is -0.300. The van der Waals surface area contributed by atoms with Gasteiger partial charge in [0.05, 0.1) is 12.1 Å². The van der Waals surface area contributed by atoms with E-state index in [0.29, 0.717) is 5.75 Å². The van der Waals surface area contributed by atoms with E-state index < -0.39 is 17.5 Å². The minimum atomic E-state index is -1.16. The maximum Gasteiger partial charge on any atom is 0.309 e. The van der Waals surface area contributed by atoms with E-state index in [1.54, 1.807) is 13.8 Å². The first kappa shape index (κ1) is 21.2. The molecule has 0 bridgehead atoms. The average Bonchev–Trinajstić information content (AvgIpc) is 2.85. The number of halogens is 1. The number of benzene rings is 1. The standard InChI is InChI=1S/C19H23ClN2O4S/c1-18(2,3)11-6-8-12(9-7-11)26-19(4,5)16(25)22-17-21-13(10-14(23)24)15(20)27-17/h6-9H,10H2,1-5H3,(H,23,24)(H,21,22,25). The lowest BCUT2D eigenvalue weighted by Gasteiger charge is -2.25. The highest BCUT2D eigenvalue weighted by atomic mass is 35.5. The molecule has 146 valence electrons. The summed E-state index contributed by atoms with van der Waals surface area (Å²) in [5.74, 6) is -0.871. The van der Waals surface area contributed by atoms with Gasteiger partial charge in [-0.3, -0.25) is 14.9 Å². The molecule has 0 aliphatic heterocycles. The highest BCUT2D eigenvalue weighted by molar-refractivity contribution is 7.19. The Kier molecular flexibility index (Phi) is 6.17. The molecule has 0 fully saturated rings. The molecule has 2 N–H and O–H groups in total. The number of nitrogens with zero attached hydrogens (tertiary/aromatic N) is 1. The topological polar surface area (TPSA) is 88.5 Å². The molecule has 2 aromatic rings. The Bertz CT molecular complexity index is 838. The van der Waals surface area contributed by atoms with Gasteiger partial charge >= 0.3 is 5.97 Å². The molecule has 1 amide bonds. The number of aliphatic carboxylic acids is 1. The van der Waals surface area contributed by atoms with E-state index in [1.165, 1.54) is 5.56 Å². The van der Waals surface area contributed by atoms with Crippen LogP contribution < -0.4 is 10.1 Å². The van der Waals surface area contributed by atoms with Crippen molar-refractivity contribution in [3.05, 3.63) is 39.9 Å². The molecule has 6 nitrogen and oxygen atoms in total.